The molecule has 0 radical (unpaired) electrons. The first kappa shape index (κ1) is 15.4. The van der Waals surface area contributed by atoms with Crippen molar-refractivity contribution in [2.45, 2.75) is 71.8 Å². The first-order valence-electron chi connectivity index (χ1n) is 7.52. The third kappa shape index (κ3) is 4.48. The number of nitrogens with zero attached hydrogens (tertiary/aromatic N) is 1. The topological polar surface area (TPSA) is 3.24 Å². The molecule has 0 heterocycles. The van der Waals surface area contributed by atoms with Crippen molar-refractivity contribution in [3.8, 4) is 0 Å². The van der Waals surface area contributed by atoms with Gasteiger partial charge in [-0.3, -0.25) is 0 Å². The Morgan fingerprint density at radius 2 is 1.88 bits per heavy atom. The van der Waals surface area contributed by atoms with E-state index in [9.17, 15) is 0 Å². The summed E-state index contributed by atoms with van der Waals surface area (Å²) in [4.78, 5) is 2.73. The Morgan fingerprint density at radius 1 is 1.24 bits per heavy atom. The minimum absolute atomic E-state index is 0.528. The first-order chi connectivity index (χ1) is 8.17. The van der Waals surface area contributed by atoms with Gasteiger partial charge in [-0.1, -0.05) is 33.1 Å². The summed E-state index contributed by atoms with van der Waals surface area (Å²) < 4.78 is 0. The Hall–Kier alpha value is 0.310. The summed E-state index contributed by atoms with van der Waals surface area (Å²) in [6.07, 6.45) is 9.55. The van der Waals surface area contributed by atoms with E-state index in [1.807, 2.05) is 0 Å². The highest BCUT2D eigenvalue weighted by Gasteiger charge is 2.34. The van der Waals surface area contributed by atoms with Gasteiger partial charge in [-0.2, -0.15) is 12.6 Å². The van der Waals surface area contributed by atoms with Crippen molar-refractivity contribution in [2.24, 2.45) is 5.41 Å². The Balaban J connectivity index is 2.56. The van der Waals surface area contributed by atoms with Crippen molar-refractivity contribution in [1.82, 2.24) is 4.90 Å². The predicted molar refractivity (Wildman–Crippen MR) is 81.0 cm³/mol. The van der Waals surface area contributed by atoms with Crippen LogP contribution in [0.3, 0.4) is 0 Å². The third-order valence-electron chi connectivity index (χ3n) is 4.55. The van der Waals surface area contributed by atoms with E-state index in [1.165, 1.54) is 58.0 Å². The molecule has 1 fully saturated rings. The lowest BCUT2D eigenvalue weighted by molar-refractivity contribution is 0.127. The standard InChI is InChI=1S/C15H31NS/c1-4-6-11-16(14(3)5-2)12-15(13-17)9-7-8-10-15/h14,17H,4-13H2,1-3H3. The third-order valence-corrected chi connectivity index (χ3v) is 5.22. The van der Waals surface area contributed by atoms with Gasteiger partial charge in [-0.05, 0) is 50.3 Å². The summed E-state index contributed by atoms with van der Waals surface area (Å²) in [7, 11) is 0. The minimum Gasteiger partial charge on any atom is -0.300 e. The second-order valence-electron chi connectivity index (χ2n) is 5.95. The molecule has 0 aromatic carbocycles. The van der Waals surface area contributed by atoms with E-state index in [-0.39, 0.29) is 0 Å². The van der Waals surface area contributed by atoms with Crippen LogP contribution in [0.2, 0.25) is 0 Å². The molecule has 102 valence electrons. The maximum absolute atomic E-state index is 4.64. The molecule has 1 nitrogen and oxygen atoms in total. The summed E-state index contributed by atoms with van der Waals surface area (Å²) in [5.41, 5.74) is 0.528. The maximum atomic E-state index is 4.64. The molecule has 17 heavy (non-hydrogen) atoms. The fraction of sp³-hybridized carbons (Fsp3) is 1.00. The number of hydrogen-bond donors (Lipinski definition) is 1. The van der Waals surface area contributed by atoms with Gasteiger partial charge in [0.25, 0.3) is 0 Å². The first-order valence-corrected chi connectivity index (χ1v) is 8.15. The molecule has 1 rings (SSSR count). The van der Waals surface area contributed by atoms with E-state index in [2.05, 4.69) is 38.3 Å². The highest BCUT2D eigenvalue weighted by atomic mass is 32.1. The zero-order chi connectivity index (χ0) is 12.7. The Morgan fingerprint density at radius 3 is 2.35 bits per heavy atom. The highest BCUT2D eigenvalue weighted by molar-refractivity contribution is 7.80. The molecule has 1 aliphatic rings. The minimum atomic E-state index is 0.528. The SMILES string of the molecule is CCCCN(CC1(CS)CCCC1)C(C)CC. The lowest BCUT2D eigenvalue weighted by Crippen LogP contribution is -2.42. The van der Waals surface area contributed by atoms with Gasteiger partial charge in [0, 0.05) is 12.6 Å². The van der Waals surface area contributed by atoms with E-state index >= 15 is 0 Å². The van der Waals surface area contributed by atoms with Crippen LogP contribution in [0.5, 0.6) is 0 Å². The monoisotopic (exact) mass is 257 g/mol. The molecular formula is C15H31NS. The number of rotatable bonds is 8. The van der Waals surface area contributed by atoms with E-state index in [0.717, 1.165) is 11.8 Å². The molecule has 0 saturated heterocycles. The van der Waals surface area contributed by atoms with Gasteiger partial charge >= 0.3 is 0 Å². The van der Waals surface area contributed by atoms with Crippen LogP contribution in [0.1, 0.15) is 65.7 Å². The van der Waals surface area contributed by atoms with E-state index < -0.39 is 0 Å². The maximum Gasteiger partial charge on any atom is 0.00645 e. The lowest BCUT2D eigenvalue weighted by atomic mass is 9.87. The molecule has 0 N–H and O–H groups in total. The molecule has 0 spiro atoms. The van der Waals surface area contributed by atoms with Gasteiger partial charge in [-0.15, -0.1) is 0 Å². The molecule has 1 saturated carbocycles. The molecule has 1 atom stereocenters. The fourth-order valence-corrected chi connectivity index (χ4v) is 3.41. The van der Waals surface area contributed by atoms with E-state index in [1.54, 1.807) is 0 Å². The summed E-state index contributed by atoms with van der Waals surface area (Å²) in [5.74, 6) is 1.08. The van der Waals surface area contributed by atoms with Crippen LogP contribution in [0.25, 0.3) is 0 Å². The molecule has 0 amide bonds. The van der Waals surface area contributed by atoms with Crippen molar-refractivity contribution >= 4 is 12.6 Å². The Kier molecular flexibility index (Phi) is 6.94. The molecule has 0 aromatic heterocycles. The van der Waals surface area contributed by atoms with Crippen molar-refractivity contribution < 1.29 is 0 Å². The van der Waals surface area contributed by atoms with Crippen LogP contribution in [-0.2, 0) is 0 Å². The molecule has 2 heteroatoms. The number of hydrogen-bond acceptors (Lipinski definition) is 2. The molecule has 0 aromatic rings. The van der Waals surface area contributed by atoms with Crippen molar-refractivity contribution in [2.75, 3.05) is 18.8 Å². The Bertz CT molecular complexity index is 199. The summed E-state index contributed by atoms with van der Waals surface area (Å²) in [6, 6.07) is 0.735. The molecule has 0 aliphatic heterocycles. The lowest BCUT2D eigenvalue weighted by Gasteiger charge is -2.37. The van der Waals surface area contributed by atoms with Gasteiger partial charge in [0.1, 0.15) is 0 Å². The van der Waals surface area contributed by atoms with Gasteiger partial charge in [0.2, 0.25) is 0 Å². The van der Waals surface area contributed by atoms with Crippen LogP contribution >= 0.6 is 12.6 Å². The second-order valence-corrected chi connectivity index (χ2v) is 6.26. The average Bonchev–Trinajstić information content (AvgIpc) is 2.82. The Labute approximate surface area is 114 Å². The molecule has 1 unspecified atom stereocenters. The smallest absolute Gasteiger partial charge is 0.00645 e. The fourth-order valence-electron chi connectivity index (χ4n) is 3.00. The van der Waals surface area contributed by atoms with Crippen molar-refractivity contribution in [3.05, 3.63) is 0 Å². The summed E-state index contributed by atoms with van der Waals surface area (Å²) in [6.45, 7) is 9.55. The summed E-state index contributed by atoms with van der Waals surface area (Å²) in [5, 5.41) is 0. The zero-order valence-electron chi connectivity index (χ0n) is 12.0. The van der Waals surface area contributed by atoms with Gasteiger partial charge in [0.05, 0.1) is 0 Å². The average molecular weight is 257 g/mol. The van der Waals surface area contributed by atoms with Crippen LogP contribution in [-0.4, -0.2) is 29.8 Å². The van der Waals surface area contributed by atoms with Crippen molar-refractivity contribution in [1.29, 1.82) is 0 Å². The van der Waals surface area contributed by atoms with E-state index in [4.69, 9.17) is 0 Å². The number of thiol groups is 1. The van der Waals surface area contributed by atoms with Crippen LogP contribution in [0.4, 0.5) is 0 Å². The van der Waals surface area contributed by atoms with Crippen LogP contribution in [0, 0.1) is 5.41 Å². The molecule has 0 bridgehead atoms. The molecular weight excluding hydrogens is 226 g/mol. The summed E-state index contributed by atoms with van der Waals surface area (Å²) >= 11 is 4.64. The quantitative estimate of drug-likeness (QED) is 0.632. The largest absolute Gasteiger partial charge is 0.300 e. The van der Waals surface area contributed by atoms with Crippen LogP contribution in [0.15, 0.2) is 0 Å². The van der Waals surface area contributed by atoms with Crippen molar-refractivity contribution in [3.63, 3.8) is 0 Å². The highest BCUT2D eigenvalue weighted by Crippen LogP contribution is 2.40. The number of unbranched alkanes of at least 4 members (excludes halogenated alkanes) is 1. The predicted octanol–water partition coefficient (Wildman–Crippen LogP) is 4.38. The van der Waals surface area contributed by atoms with Gasteiger partial charge in [0.15, 0.2) is 0 Å². The van der Waals surface area contributed by atoms with Crippen LogP contribution < -0.4 is 0 Å². The zero-order valence-corrected chi connectivity index (χ0v) is 12.9. The second kappa shape index (κ2) is 7.68. The normalized spacial score (nSPS) is 21.0. The molecule has 1 aliphatic carbocycles. The van der Waals surface area contributed by atoms with Gasteiger partial charge < -0.3 is 4.90 Å². The van der Waals surface area contributed by atoms with Gasteiger partial charge in [-0.25, -0.2) is 0 Å². The van der Waals surface area contributed by atoms with E-state index in [0.29, 0.717) is 5.41 Å².